The van der Waals surface area contributed by atoms with Crippen molar-refractivity contribution in [3.63, 3.8) is 0 Å². The molecule has 1 saturated heterocycles. The fraction of sp³-hybridized carbons (Fsp3) is 0.417. The van der Waals surface area contributed by atoms with Crippen LogP contribution < -0.4 is 24.4 Å². The van der Waals surface area contributed by atoms with Gasteiger partial charge in [-0.25, -0.2) is 4.98 Å². The maximum Gasteiger partial charge on any atom is 0.251 e. The van der Waals surface area contributed by atoms with Crippen LogP contribution in [-0.2, 0) is 0 Å². The summed E-state index contributed by atoms with van der Waals surface area (Å²) in [5, 5.41) is 4.05. The zero-order valence-electron chi connectivity index (χ0n) is 19.3. The second-order valence-corrected chi connectivity index (χ2v) is 8.75. The SMILES string of the molecule is CCOc1ccc2nc(N3CCN(CCNC(=O)c4cc(OC)cc(OC)c4)CC3)sc2c1. The van der Waals surface area contributed by atoms with Crippen molar-refractivity contribution in [1.29, 1.82) is 0 Å². The van der Waals surface area contributed by atoms with Gasteiger partial charge < -0.3 is 24.4 Å². The van der Waals surface area contributed by atoms with E-state index in [9.17, 15) is 4.79 Å². The number of nitrogens with one attached hydrogen (secondary N) is 1. The van der Waals surface area contributed by atoms with E-state index in [0.717, 1.165) is 53.8 Å². The van der Waals surface area contributed by atoms with Crippen LogP contribution in [0.15, 0.2) is 36.4 Å². The molecule has 3 aromatic rings. The molecule has 1 N–H and O–H groups in total. The molecule has 9 heteroatoms. The second kappa shape index (κ2) is 10.7. The Labute approximate surface area is 198 Å². The molecule has 0 atom stereocenters. The molecule has 1 aromatic heterocycles. The van der Waals surface area contributed by atoms with E-state index in [1.807, 2.05) is 19.1 Å². The molecular weight excluding hydrogens is 440 g/mol. The number of aromatic nitrogens is 1. The Hall–Kier alpha value is -3.04. The Balaban J connectivity index is 1.26. The topological polar surface area (TPSA) is 76.2 Å². The van der Waals surface area contributed by atoms with E-state index in [1.165, 1.54) is 0 Å². The molecule has 1 fully saturated rings. The molecule has 176 valence electrons. The van der Waals surface area contributed by atoms with Crippen molar-refractivity contribution in [2.24, 2.45) is 0 Å². The van der Waals surface area contributed by atoms with E-state index in [-0.39, 0.29) is 5.91 Å². The standard InChI is InChI=1S/C24H30N4O4S/c1-4-32-18-5-6-21-22(16-18)33-24(26-21)28-11-9-27(10-12-28)8-7-25-23(29)17-13-19(30-2)15-20(14-17)31-3/h5-6,13-16H,4,7-12H2,1-3H3,(H,25,29). The highest BCUT2D eigenvalue weighted by Gasteiger charge is 2.20. The number of methoxy groups -OCH3 is 2. The lowest BCUT2D eigenvalue weighted by molar-refractivity contribution is 0.0947. The monoisotopic (exact) mass is 470 g/mol. The Morgan fingerprint density at radius 1 is 1.03 bits per heavy atom. The fourth-order valence-electron chi connectivity index (χ4n) is 3.82. The Bertz CT molecular complexity index is 1070. The van der Waals surface area contributed by atoms with Gasteiger partial charge in [0.05, 0.1) is 31.0 Å². The number of ether oxygens (including phenoxy) is 3. The van der Waals surface area contributed by atoms with Gasteiger partial charge in [0.2, 0.25) is 0 Å². The predicted molar refractivity (Wildman–Crippen MR) is 131 cm³/mol. The van der Waals surface area contributed by atoms with Gasteiger partial charge in [0, 0.05) is 50.9 Å². The summed E-state index contributed by atoms with van der Waals surface area (Å²) >= 11 is 1.71. The molecule has 0 spiro atoms. The zero-order chi connectivity index (χ0) is 23.2. The Kier molecular flexibility index (Phi) is 7.51. The average molecular weight is 471 g/mol. The van der Waals surface area contributed by atoms with Crippen molar-refractivity contribution < 1.29 is 19.0 Å². The summed E-state index contributed by atoms with van der Waals surface area (Å²) in [4.78, 5) is 22.0. The normalized spacial score (nSPS) is 14.3. The molecule has 0 aliphatic carbocycles. The molecule has 0 radical (unpaired) electrons. The lowest BCUT2D eigenvalue weighted by Gasteiger charge is -2.34. The van der Waals surface area contributed by atoms with Crippen molar-refractivity contribution in [3.8, 4) is 17.2 Å². The van der Waals surface area contributed by atoms with Crippen molar-refractivity contribution in [2.75, 3.05) is 65.0 Å². The minimum Gasteiger partial charge on any atom is -0.497 e. The number of amides is 1. The minimum atomic E-state index is -0.133. The molecule has 4 rings (SSSR count). The number of fused-ring (bicyclic) bond motifs is 1. The first-order valence-electron chi connectivity index (χ1n) is 11.1. The van der Waals surface area contributed by atoms with Gasteiger partial charge >= 0.3 is 0 Å². The molecule has 0 unspecified atom stereocenters. The van der Waals surface area contributed by atoms with E-state index in [2.05, 4.69) is 21.2 Å². The molecular formula is C24H30N4O4S. The maximum atomic E-state index is 12.5. The van der Waals surface area contributed by atoms with E-state index in [0.29, 0.717) is 30.2 Å². The second-order valence-electron chi connectivity index (χ2n) is 7.74. The summed E-state index contributed by atoms with van der Waals surface area (Å²) in [6.45, 7) is 7.73. The average Bonchev–Trinajstić information content (AvgIpc) is 3.27. The largest absolute Gasteiger partial charge is 0.497 e. The van der Waals surface area contributed by atoms with Crippen LogP contribution >= 0.6 is 11.3 Å². The van der Waals surface area contributed by atoms with Crippen LogP contribution in [0.25, 0.3) is 10.2 Å². The van der Waals surface area contributed by atoms with E-state index in [1.54, 1.807) is 43.8 Å². The summed E-state index contributed by atoms with van der Waals surface area (Å²) in [6.07, 6.45) is 0. The number of anilines is 1. The molecule has 1 aliphatic rings. The quantitative estimate of drug-likeness (QED) is 0.514. The number of benzene rings is 2. The summed E-state index contributed by atoms with van der Waals surface area (Å²) in [5.74, 6) is 1.95. The molecule has 1 amide bonds. The summed E-state index contributed by atoms with van der Waals surface area (Å²) in [5.41, 5.74) is 1.54. The first-order chi connectivity index (χ1) is 16.1. The number of hydrogen-bond donors (Lipinski definition) is 1. The molecule has 8 nitrogen and oxygen atoms in total. The number of piperazine rings is 1. The molecule has 0 bridgehead atoms. The van der Waals surface area contributed by atoms with Crippen molar-refractivity contribution in [2.45, 2.75) is 6.92 Å². The summed E-state index contributed by atoms with van der Waals surface area (Å²) in [6, 6.07) is 11.2. The number of hydrogen-bond acceptors (Lipinski definition) is 8. The van der Waals surface area contributed by atoms with Gasteiger partial charge in [-0.2, -0.15) is 0 Å². The molecule has 0 saturated carbocycles. The smallest absolute Gasteiger partial charge is 0.251 e. The minimum absolute atomic E-state index is 0.133. The first kappa shape index (κ1) is 23.1. The Morgan fingerprint density at radius 3 is 2.42 bits per heavy atom. The predicted octanol–water partition coefficient (Wildman–Crippen LogP) is 3.26. The number of carbonyl (C=O) groups excluding carboxylic acids is 1. The van der Waals surface area contributed by atoms with Crippen LogP contribution in [0.1, 0.15) is 17.3 Å². The van der Waals surface area contributed by atoms with Gasteiger partial charge in [-0.3, -0.25) is 9.69 Å². The maximum absolute atomic E-state index is 12.5. The lowest BCUT2D eigenvalue weighted by atomic mass is 10.2. The van der Waals surface area contributed by atoms with Crippen molar-refractivity contribution in [1.82, 2.24) is 15.2 Å². The highest BCUT2D eigenvalue weighted by atomic mass is 32.1. The van der Waals surface area contributed by atoms with E-state index in [4.69, 9.17) is 19.2 Å². The fourth-order valence-corrected chi connectivity index (χ4v) is 4.86. The van der Waals surface area contributed by atoms with Crippen LogP contribution in [0.3, 0.4) is 0 Å². The summed E-state index contributed by atoms with van der Waals surface area (Å²) in [7, 11) is 3.14. The third-order valence-corrected chi connectivity index (χ3v) is 6.71. The molecule has 1 aliphatic heterocycles. The molecule has 33 heavy (non-hydrogen) atoms. The first-order valence-corrected chi connectivity index (χ1v) is 11.9. The number of thiazole rings is 1. The molecule has 2 aromatic carbocycles. The number of carbonyl (C=O) groups is 1. The van der Waals surface area contributed by atoms with Crippen LogP contribution in [0, 0.1) is 0 Å². The van der Waals surface area contributed by atoms with Crippen LogP contribution in [-0.4, -0.2) is 75.9 Å². The van der Waals surface area contributed by atoms with E-state index < -0.39 is 0 Å². The van der Waals surface area contributed by atoms with Gasteiger partial charge in [-0.15, -0.1) is 0 Å². The van der Waals surface area contributed by atoms with Crippen LogP contribution in [0.5, 0.6) is 17.2 Å². The Morgan fingerprint density at radius 2 is 1.76 bits per heavy atom. The third kappa shape index (κ3) is 5.66. The van der Waals surface area contributed by atoms with E-state index >= 15 is 0 Å². The van der Waals surface area contributed by atoms with Crippen molar-refractivity contribution >= 4 is 32.6 Å². The highest BCUT2D eigenvalue weighted by Crippen LogP contribution is 2.32. The van der Waals surface area contributed by atoms with Crippen molar-refractivity contribution in [3.05, 3.63) is 42.0 Å². The van der Waals surface area contributed by atoms with Gasteiger partial charge in [-0.1, -0.05) is 11.3 Å². The summed E-state index contributed by atoms with van der Waals surface area (Å²) < 4.78 is 17.2. The lowest BCUT2D eigenvalue weighted by Crippen LogP contribution is -2.48. The molecule has 2 heterocycles. The van der Waals surface area contributed by atoms with Gasteiger partial charge in [0.25, 0.3) is 5.91 Å². The number of nitrogens with zero attached hydrogens (tertiary/aromatic N) is 3. The number of rotatable bonds is 9. The zero-order valence-corrected chi connectivity index (χ0v) is 20.1. The van der Waals surface area contributed by atoms with Crippen LogP contribution in [0.4, 0.5) is 5.13 Å². The van der Waals surface area contributed by atoms with Crippen LogP contribution in [0.2, 0.25) is 0 Å². The third-order valence-electron chi connectivity index (χ3n) is 5.63. The van der Waals surface area contributed by atoms with Gasteiger partial charge in [0.15, 0.2) is 5.13 Å². The van der Waals surface area contributed by atoms with Gasteiger partial charge in [-0.05, 0) is 37.3 Å². The highest BCUT2D eigenvalue weighted by molar-refractivity contribution is 7.22. The van der Waals surface area contributed by atoms with Gasteiger partial charge in [0.1, 0.15) is 17.2 Å².